The second kappa shape index (κ2) is 49.3. The molecule has 1 aliphatic rings. The van der Waals surface area contributed by atoms with Crippen LogP contribution in [0.4, 0.5) is 0 Å². The van der Waals surface area contributed by atoms with E-state index in [0.29, 0.717) is 6.42 Å². The first-order valence-electron chi connectivity index (χ1n) is 29.6. The molecule has 9 heteroatoms. The van der Waals surface area contributed by atoms with Crippen LogP contribution in [-0.2, 0) is 14.3 Å². The summed E-state index contributed by atoms with van der Waals surface area (Å²) in [5.41, 5.74) is 0. The molecule has 6 N–H and O–H groups in total. The number of ether oxygens (including phenoxy) is 2. The smallest absolute Gasteiger partial charge is 0.220 e. The van der Waals surface area contributed by atoms with E-state index < -0.39 is 49.5 Å². The summed E-state index contributed by atoms with van der Waals surface area (Å²) in [6.45, 7) is 3.80. The molecule has 402 valence electrons. The number of hydrogen-bond acceptors (Lipinski definition) is 8. The van der Waals surface area contributed by atoms with Gasteiger partial charge >= 0.3 is 0 Å². The van der Waals surface area contributed by atoms with Crippen LogP contribution in [0, 0.1) is 0 Å². The Bertz CT molecular complexity index is 1120. The summed E-state index contributed by atoms with van der Waals surface area (Å²) >= 11 is 0. The predicted octanol–water partition coefficient (Wildman–Crippen LogP) is 14.6. The number of hydrogen-bond donors (Lipinski definition) is 6. The minimum absolute atomic E-state index is 0.173. The van der Waals surface area contributed by atoms with Crippen LogP contribution >= 0.6 is 0 Å². The van der Waals surface area contributed by atoms with Gasteiger partial charge in [0.05, 0.1) is 25.4 Å². The van der Waals surface area contributed by atoms with Crippen LogP contribution in [0.1, 0.15) is 290 Å². The summed E-state index contributed by atoms with van der Waals surface area (Å²) in [4.78, 5) is 13.0. The molecular weight excluding hydrogens is 851 g/mol. The number of aliphatic hydroxyl groups is 5. The van der Waals surface area contributed by atoms with E-state index in [4.69, 9.17) is 9.47 Å². The van der Waals surface area contributed by atoms with Crippen molar-refractivity contribution in [2.75, 3.05) is 13.2 Å². The highest BCUT2D eigenvalue weighted by atomic mass is 16.7. The summed E-state index contributed by atoms with van der Waals surface area (Å²) < 4.78 is 11.3. The van der Waals surface area contributed by atoms with Gasteiger partial charge in [0.1, 0.15) is 24.4 Å². The molecule has 1 amide bonds. The highest BCUT2D eigenvalue weighted by molar-refractivity contribution is 5.76. The number of aliphatic hydroxyl groups excluding tert-OH is 5. The molecule has 0 aromatic heterocycles. The molecule has 1 saturated heterocycles. The Kier molecular flexibility index (Phi) is 46.9. The van der Waals surface area contributed by atoms with Crippen molar-refractivity contribution in [2.24, 2.45) is 0 Å². The van der Waals surface area contributed by atoms with Crippen LogP contribution in [0.2, 0.25) is 0 Å². The lowest BCUT2D eigenvalue weighted by Gasteiger charge is -2.40. The molecular formula is C59H113NO8. The van der Waals surface area contributed by atoms with Crippen molar-refractivity contribution < 1.29 is 39.8 Å². The molecule has 1 heterocycles. The van der Waals surface area contributed by atoms with Gasteiger partial charge < -0.3 is 40.3 Å². The molecule has 7 atom stereocenters. The number of nitrogens with one attached hydrogen (secondary N) is 1. The van der Waals surface area contributed by atoms with Crippen LogP contribution in [0.5, 0.6) is 0 Å². The quantitative estimate of drug-likeness (QED) is 0.0261. The number of amides is 1. The zero-order valence-electron chi connectivity index (χ0n) is 44.6. The van der Waals surface area contributed by atoms with Crippen LogP contribution in [0.3, 0.4) is 0 Å². The first-order valence-corrected chi connectivity index (χ1v) is 29.6. The van der Waals surface area contributed by atoms with Gasteiger partial charge in [-0.3, -0.25) is 4.79 Å². The van der Waals surface area contributed by atoms with Crippen molar-refractivity contribution in [2.45, 2.75) is 333 Å². The van der Waals surface area contributed by atoms with Crippen molar-refractivity contribution in [3.05, 3.63) is 24.3 Å². The van der Waals surface area contributed by atoms with E-state index in [1.807, 2.05) is 6.08 Å². The second-order valence-corrected chi connectivity index (χ2v) is 20.8. The Labute approximate surface area is 419 Å². The molecule has 0 saturated carbocycles. The summed E-state index contributed by atoms with van der Waals surface area (Å²) in [6.07, 6.45) is 55.4. The van der Waals surface area contributed by atoms with E-state index in [9.17, 15) is 30.3 Å². The highest BCUT2D eigenvalue weighted by Gasteiger charge is 2.44. The van der Waals surface area contributed by atoms with Gasteiger partial charge in [0.25, 0.3) is 0 Å². The van der Waals surface area contributed by atoms with Gasteiger partial charge in [0, 0.05) is 6.42 Å². The first kappa shape index (κ1) is 64.7. The van der Waals surface area contributed by atoms with Crippen LogP contribution in [0.15, 0.2) is 24.3 Å². The van der Waals surface area contributed by atoms with E-state index in [1.165, 1.54) is 231 Å². The first-order chi connectivity index (χ1) is 33.3. The maximum absolute atomic E-state index is 13.0. The molecule has 0 spiro atoms. The Hall–Kier alpha value is -1.33. The zero-order chi connectivity index (χ0) is 49.4. The monoisotopic (exact) mass is 964 g/mol. The van der Waals surface area contributed by atoms with Crippen LogP contribution in [-0.4, -0.2) is 87.5 Å². The zero-order valence-corrected chi connectivity index (χ0v) is 44.6. The lowest BCUT2D eigenvalue weighted by molar-refractivity contribution is -0.302. The van der Waals surface area contributed by atoms with Gasteiger partial charge in [0.15, 0.2) is 6.29 Å². The number of carbonyl (C=O) groups is 1. The second-order valence-electron chi connectivity index (χ2n) is 20.8. The van der Waals surface area contributed by atoms with Crippen molar-refractivity contribution >= 4 is 5.91 Å². The maximum Gasteiger partial charge on any atom is 0.220 e. The van der Waals surface area contributed by atoms with Crippen molar-refractivity contribution in [3.63, 3.8) is 0 Å². The normalized spacial score (nSPS) is 19.7. The van der Waals surface area contributed by atoms with E-state index >= 15 is 0 Å². The summed E-state index contributed by atoms with van der Waals surface area (Å²) in [6, 6.07) is -0.802. The molecule has 9 nitrogen and oxygen atoms in total. The third-order valence-corrected chi connectivity index (χ3v) is 14.3. The van der Waals surface area contributed by atoms with Crippen LogP contribution < -0.4 is 5.32 Å². The van der Waals surface area contributed by atoms with Crippen molar-refractivity contribution in [1.29, 1.82) is 0 Å². The molecule has 68 heavy (non-hydrogen) atoms. The summed E-state index contributed by atoms with van der Waals surface area (Å²) in [5.74, 6) is -0.173. The van der Waals surface area contributed by atoms with Crippen molar-refractivity contribution in [3.8, 4) is 0 Å². The molecule has 0 aromatic carbocycles. The molecule has 0 aromatic rings. The highest BCUT2D eigenvalue weighted by Crippen LogP contribution is 2.23. The fraction of sp³-hybridized carbons (Fsp3) is 0.915. The van der Waals surface area contributed by atoms with E-state index in [0.717, 1.165) is 38.5 Å². The predicted molar refractivity (Wildman–Crippen MR) is 286 cm³/mol. The SMILES string of the molecule is CCCCCCCCCCCCCC/C=C\CCCCCCCCCCCCCCCCCC(=O)NC(COC1OC(CO)C(O)C(O)C1O)C(O)/C=C/CCCCCCCCCCCCCC. The molecule has 0 aliphatic carbocycles. The van der Waals surface area contributed by atoms with Gasteiger partial charge in [0.2, 0.25) is 5.91 Å². The molecule has 1 rings (SSSR count). The van der Waals surface area contributed by atoms with E-state index in [-0.39, 0.29) is 12.5 Å². The average Bonchev–Trinajstić information content (AvgIpc) is 3.34. The lowest BCUT2D eigenvalue weighted by Crippen LogP contribution is -2.60. The Morgan fingerprint density at radius 2 is 0.824 bits per heavy atom. The van der Waals surface area contributed by atoms with Gasteiger partial charge in [-0.2, -0.15) is 0 Å². The maximum atomic E-state index is 13.0. The van der Waals surface area contributed by atoms with Gasteiger partial charge in [-0.15, -0.1) is 0 Å². The fourth-order valence-corrected chi connectivity index (χ4v) is 9.57. The minimum Gasteiger partial charge on any atom is -0.394 e. The molecule has 0 bridgehead atoms. The average molecular weight is 965 g/mol. The van der Waals surface area contributed by atoms with E-state index in [2.05, 4.69) is 31.3 Å². The Balaban J connectivity index is 2.13. The summed E-state index contributed by atoms with van der Waals surface area (Å²) in [5, 5.41) is 54.4. The molecule has 1 fully saturated rings. The third-order valence-electron chi connectivity index (χ3n) is 14.3. The summed E-state index contributed by atoms with van der Waals surface area (Å²) in [7, 11) is 0. The topological polar surface area (TPSA) is 149 Å². The van der Waals surface area contributed by atoms with Crippen LogP contribution in [0.25, 0.3) is 0 Å². The van der Waals surface area contributed by atoms with Gasteiger partial charge in [-0.1, -0.05) is 263 Å². The van der Waals surface area contributed by atoms with E-state index in [1.54, 1.807) is 6.08 Å². The number of unbranched alkanes of at least 4 members (excludes halogenated alkanes) is 39. The van der Waals surface area contributed by atoms with Gasteiger partial charge in [-0.05, 0) is 44.9 Å². The van der Waals surface area contributed by atoms with Crippen molar-refractivity contribution in [1.82, 2.24) is 5.32 Å². The standard InChI is InChI=1S/C59H113NO8/c1-3-5-7-9-11-13-15-17-19-20-21-22-23-24-25-26-27-28-29-30-31-32-33-34-35-37-39-41-43-45-47-49-55(63)60-52(51-67-59-58(66)57(65)56(64)54(50-61)68-59)53(62)48-46-44-42-40-38-36-18-16-14-12-10-8-6-4-2/h24-25,46,48,52-54,56-59,61-62,64-66H,3-23,26-45,47,49-51H2,1-2H3,(H,60,63)/b25-24-,48-46+. The number of rotatable bonds is 51. The number of carbonyl (C=O) groups excluding carboxylic acids is 1. The third kappa shape index (κ3) is 38.4. The molecule has 1 aliphatic heterocycles. The number of allylic oxidation sites excluding steroid dienone is 3. The molecule has 0 radical (unpaired) electrons. The lowest BCUT2D eigenvalue weighted by atomic mass is 9.99. The minimum atomic E-state index is -1.56. The largest absolute Gasteiger partial charge is 0.394 e. The Morgan fingerprint density at radius 3 is 1.19 bits per heavy atom. The Morgan fingerprint density at radius 1 is 0.485 bits per heavy atom. The molecule has 7 unspecified atom stereocenters. The van der Waals surface area contributed by atoms with Gasteiger partial charge in [-0.25, -0.2) is 0 Å². The fourth-order valence-electron chi connectivity index (χ4n) is 9.57.